The van der Waals surface area contributed by atoms with Crippen molar-refractivity contribution < 1.29 is 4.79 Å². The summed E-state index contributed by atoms with van der Waals surface area (Å²) in [5.41, 5.74) is 3.18. The standard InChI is InChI=1S/C23H32N6O/c1-18-8-7-9-20(19(18)2)24-23(30)29-16-14-28(15-17-29)22-11-10-21(25-26-22)27-12-5-3-4-6-13-27/h7-11H,3-6,12-17H2,1-2H3,(H,24,30). The van der Waals surface area contributed by atoms with Crippen molar-refractivity contribution in [2.24, 2.45) is 0 Å². The number of hydrogen-bond acceptors (Lipinski definition) is 5. The van der Waals surface area contributed by atoms with Gasteiger partial charge in [0.25, 0.3) is 0 Å². The normalized spacial score (nSPS) is 17.6. The van der Waals surface area contributed by atoms with Gasteiger partial charge in [-0.3, -0.25) is 0 Å². The van der Waals surface area contributed by atoms with Gasteiger partial charge >= 0.3 is 6.03 Å². The monoisotopic (exact) mass is 408 g/mol. The molecule has 2 aromatic rings. The summed E-state index contributed by atoms with van der Waals surface area (Å²) in [5.74, 6) is 1.87. The van der Waals surface area contributed by atoms with E-state index >= 15 is 0 Å². The zero-order valence-corrected chi connectivity index (χ0v) is 18.1. The third-order valence-corrected chi connectivity index (χ3v) is 6.30. The number of rotatable bonds is 3. The van der Waals surface area contributed by atoms with Gasteiger partial charge in [0.2, 0.25) is 0 Å². The summed E-state index contributed by atoms with van der Waals surface area (Å²) in [6.07, 6.45) is 5.08. The van der Waals surface area contributed by atoms with Crippen LogP contribution in [-0.2, 0) is 0 Å². The molecule has 30 heavy (non-hydrogen) atoms. The maximum Gasteiger partial charge on any atom is 0.321 e. The summed E-state index contributed by atoms with van der Waals surface area (Å²) in [4.78, 5) is 19.1. The summed E-state index contributed by atoms with van der Waals surface area (Å²) < 4.78 is 0. The van der Waals surface area contributed by atoms with Crippen LogP contribution < -0.4 is 15.1 Å². The van der Waals surface area contributed by atoms with E-state index in [0.717, 1.165) is 49.1 Å². The van der Waals surface area contributed by atoms with Crippen molar-refractivity contribution in [2.75, 3.05) is 54.4 Å². The molecule has 0 bridgehead atoms. The third kappa shape index (κ3) is 4.66. The van der Waals surface area contributed by atoms with E-state index < -0.39 is 0 Å². The molecule has 1 N–H and O–H groups in total. The predicted octanol–water partition coefficient (Wildman–Crippen LogP) is 3.83. The van der Waals surface area contributed by atoms with Crippen LogP contribution in [0.25, 0.3) is 0 Å². The molecule has 2 aliphatic rings. The molecule has 0 saturated carbocycles. The zero-order valence-electron chi connectivity index (χ0n) is 18.1. The molecule has 2 fully saturated rings. The van der Waals surface area contributed by atoms with Crippen LogP contribution in [-0.4, -0.2) is 60.4 Å². The van der Waals surface area contributed by atoms with Gasteiger partial charge in [-0.05, 0) is 56.0 Å². The number of hydrogen-bond donors (Lipinski definition) is 1. The number of carbonyl (C=O) groups is 1. The molecule has 0 unspecified atom stereocenters. The molecule has 2 aliphatic heterocycles. The Balaban J connectivity index is 1.31. The second kappa shape index (κ2) is 9.32. The Labute approximate surface area is 179 Å². The number of anilines is 3. The lowest BCUT2D eigenvalue weighted by molar-refractivity contribution is 0.208. The SMILES string of the molecule is Cc1cccc(NC(=O)N2CCN(c3ccc(N4CCCCCC4)nn3)CC2)c1C. The molecule has 0 radical (unpaired) electrons. The van der Waals surface area contributed by atoms with Gasteiger partial charge in [-0.15, -0.1) is 10.2 Å². The second-order valence-electron chi connectivity index (χ2n) is 8.30. The van der Waals surface area contributed by atoms with Gasteiger partial charge < -0.3 is 20.0 Å². The van der Waals surface area contributed by atoms with Crippen LogP contribution in [0.3, 0.4) is 0 Å². The number of carbonyl (C=O) groups excluding carboxylic acids is 1. The average Bonchev–Trinajstić information content (AvgIpc) is 3.07. The lowest BCUT2D eigenvalue weighted by Gasteiger charge is -2.35. The Hall–Kier alpha value is -2.83. The Bertz CT molecular complexity index is 852. The minimum atomic E-state index is -0.0362. The van der Waals surface area contributed by atoms with E-state index in [2.05, 4.69) is 50.4 Å². The molecule has 4 rings (SSSR count). The summed E-state index contributed by atoms with van der Waals surface area (Å²) in [5, 5.41) is 12.0. The minimum absolute atomic E-state index is 0.0362. The van der Waals surface area contributed by atoms with E-state index in [1.54, 1.807) is 0 Å². The van der Waals surface area contributed by atoms with Crippen LogP contribution >= 0.6 is 0 Å². The molecule has 160 valence electrons. The Morgan fingerprint density at radius 3 is 2.00 bits per heavy atom. The lowest BCUT2D eigenvalue weighted by atomic mass is 10.1. The van der Waals surface area contributed by atoms with E-state index in [1.165, 1.54) is 31.2 Å². The molecular weight excluding hydrogens is 376 g/mol. The number of amides is 2. The molecule has 1 aromatic carbocycles. The lowest BCUT2D eigenvalue weighted by Crippen LogP contribution is -2.50. The second-order valence-corrected chi connectivity index (χ2v) is 8.30. The number of nitrogens with zero attached hydrogens (tertiary/aromatic N) is 5. The molecule has 0 atom stereocenters. The predicted molar refractivity (Wildman–Crippen MR) is 121 cm³/mol. The van der Waals surface area contributed by atoms with Gasteiger partial charge in [0.15, 0.2) is 11.6 Å². The van der Waals surface area contributed by atoms with Gasteiger partial charge in [0.1, 0.15) is 0 Å². The van der Waals surface area contributed by atoms with Crippen molar-refractivity contribution in [1.82, 2.24) is 15.1 Å². The molecule has 2 amide bonds. The highest BCUT2D eigenvalue weighted by molar-refractivity contribution is 5.90. The van der Waals surface area contributed by atoms with Crippen LogP contribution in [0, 0.1) is 13.8 Å². The van der Waals surface area contributed by atoms with Crippen molar-refractivity contribution in [2.45, 2.75) is 39.5 Å². The summed E-state index contributed by atoms with van der Waals surface area (Å²) in [6.45, 7) is 9.11. The molecule has 3 heterocycles. The van der Waals surface area contributed by atoms with Crippen LogP contribution in [0.5, 0.6) is 0 Å². The van der Waals surface area contributed by atoms with E-state index in [1.807, 2.05) is 24.0 Å². The van der Waals surface area contributed by atoms with Crippen molar-refractivity contribution in [3.8, 4) is 0 Å². The zero-order chi connectivity index (χ0) is 20.9. The molecule has 7 heteroatoms. The quantitative estimate of drug-likeness (QED) is 0.836. The number of nitrogens with one attached hydrogen (secondary N) is 1. The Morgan fingerprint density at radius 2 is 1.40 bits per heavy atom. The highest BCUT2D eigenvalue weighted by Crippen LogP contribution is 2.21. The average molecular weight is 409 g/mol. The first-order valence-corrected chi connectivity index (χ1v) is 11.1. The van der Waals surface area contributed by atoms with Crippen LogP contribution in [0.4, 0.5) is 22.1 Å². The fourth-order valence-electron chi connectivity index (χ4n) is 4.17. The summed E-state index contributed by atoms with van der Waals surface area (Å²) >= 11 is 0. The van der Waals surface area contributed by atoms with Crippen LogP contribution in [0.15, 0.2) is 30.3 Å². The number of piperazine rings is 1. The van der Waals surface area contributed by atoms with Crippen LogP contribution in [0.1, 0.15) is 36.8 Å². The summed E-state index contributed by atoms with van der Waals surface area (Å²) in [7, 11) is 0. The molecule has 2 saturated heterocycles. The molecule has 0 spiro atoms. The van der Waals surface area contributed by atoms with Crippen molar-refractivity contribution in [3.05, 3.63) is 41.5 Å². The Kier molecular flexibility index (Phi) is 6.35. The molecule has 1 aromatic heterocycles. The fraction of sp³-hybridized carbons (Fsp3) is 0.522. The topological polar surface area (TPSA) is 64.6 Å². The van der Waals surface area contributed by atoms with Crippen molar-refractivity contribution >= 4 is 23.4 Å². The third-order valence-electron chi connectivity index (χ3n) is 6.30. The van der Waals surface area contributed by atoms with Gasteiger partial charge in [-0.2, -0.15) is 0 Å². The maximum absolute atomic E-state index is 12.7. The Morgan fingerprint density at radius 1 is 0.800 bits per heavy atom. The van der Waals surface area contributed by atoms with Gasteiger partial charge in [0.05, 0.1) is 0 Å². The maximum atomic E-state index is 12.7. The van der Waals surface area contributed by atoms with Gasteiger partial charge in [-0.25, -0.2) is 4.79 Å². The van der Waals surface area contributed by atoms with Crippen molar-refractivity contribution in [1.29, 1.82) is 0 Å². The minimum Gasteiger partial charge on any atom is -0.355 e. The number of aryl methyl sites for hydroxylation is 1. The van der Waals surface area contributed by atoms with Crippen molar-refractivity contribution in [3.63, 3.8) is 0 Å². The van der Waals surface area contributed by atoms with E-state index in [9.17, 15) is 4.79 Å². The highest BCUT2D eigenvalue weighted by Gasteiger charge is 2.23. The number of aromatic nitrogens is 2. The van der Waals surface area contributed by atoms with Gasteiger partial charge in [0, 0.05) is 45.0 Å². The van der Waals surface area contributed by atoms with E-state index in [-0.39, 0.29) is 6.03 Å². The number of urea groups is 1. The molecule has 7 nitrogen and oxygen atoms in total. The van der Waals surface area contributed by atoms with E-state index in [4.69, 9.17) is 0 Å². The largest absolute Gasteiger partial charge is 0.355 e. The molecule has 0 aliphatic carbocycles. The van der Waals surface area contributed by atoms with Gasteiger partial charge in [-0.1, -0.05) is 25.0 Å². The molecular formula is C23H32N6O. The first-order valence-electron chi connectivity index (χ1n) is 11.1. The smallest absolute Gasteiger partial charge is 0.321 e. The van der Waals surface area contributed by atoms with E-state index in [0.29, 0.717) is 13.1 Å². The highest BCUT2D eigenvalue weighted by atomic mass is 16.2. The first kappa shape index (κ1) is 20.4. The summed E-state index contributed by atoms with van der Waals surface area (Å²) in [6, 6.07) is 10.1. The van der Waals surface area contributed by atoms with Crippen LogP contribution in [0.2, 0.25) is 0 Å². The first-order chi connectivity index (χ1) is 14.6. The fourth-order valence-corrected chi connectivity index (χ4v) is 4.17. The number of benzene rings is 1.